The van der Waals surface area contributed by atoms with Gasteiger partial charge in [-0.15, -0.1) is 0 Å². The van der Waals surface area contributed by atoms with E-state index in [4.69, 9.17) is 10.5 Å². The van der Waals surface area contributed by atoms with E-state index in [0.29, 0.717) is 22.8 Å². The standard InChI is InChI=1S/C19H24N6O2/c20-10-15-23-18(21-9-8-13-4-2-1-3-5-13)17-19(24-15)25(12-22-17)16-7-6-14(11-26)27-16/h1-5,12,14,16,26H,6-11,20H2,(H,21,23,24). The van der Waals surface area contributed by atoms with Crippen LogP contribution in [-0.2, 0) is 17.7 Å². The molecule has 0 amide bonds. The monoisotopic (exact) mass is 368 g/mol. The summed E-state index contributed by atoms with van der Waals surface area (Å²) in [5.74, 6) is 1.25. The van der Waals surface area contributed by atoms with Gasteiger partial charge in [0, 0.05) is 6.54 Å². The van der Waals surface area contributed by atoms with Crippen LogP contribution in [0.4, 0.5) is 5.82 Å². The summed E-state index contributed by atoms with van der Waals surface area (Å²) in [6.45, 7) is 1.01. The molecular weight excluding hydrogens is 344 g/mol. The van der Waals surface area contributed by atoms with Gasteiger partial charge in [0.25, 0.3) is 0 Å². The van der Waals surface area contributed by atoms with Crippen LogP contribution in [0.2, 0.25) is 0 Å². The molecule has 2 atom stereocenters. The molecule has 27 heavy (non-hydrogen) atoms. The molecule has 1 aromatic carbocycles. The maximum atomic E-state index is 9.31. The second kappa shape index (κ2) is 7.99. The van der Waals surface area contributed by atoms with Gasteiger partial charge in [-0.05, 0) is 24.8 Å². The van der Waals surface area contributed by atoms with Gasteiger partial charge in [0.2, 0.25) is 0 Å². The van der Waals surface area contributed by atoms with Crippen molar-refractivity contribution in [2.45, 2.75) is 38.1 Å². The molecule has 0 saturated carbocycles. The Bertz CT molecular complexity index is 898. The Kier molecular flexibility index (Phi) is 5.28. The molecule has 142 valence electrons. The third-order valence-corrected chi connectivity index (χ3v) is 4.80. The van der Waals surface area contributed by atoms with Crippen LogP contribution in [0.3, 0.4) is 0 Å². The molecule has 0 spiro atoms. The molecule has 3 aromatic rings. The molecule has 1 fully saturated rings. The van der Waals surface area contributed by atoms with Crippen molar-refractivity contribution in [2.24, 2.45) is 5.73 Å². The van der Waals surface area contributed by atoms with Crippen LogP contribution >= 0.6 is 0 Å². The second-order valence-corrected chi connectivity index (χ2v) is 6.65. The largest absolute Gasteiger partial charge is 0.394 e. The Hall–Kier alpha value is -2.55. The lowest BCUT2D eigenvalue weighted by Crippen LogP contribution is -2.15. The van der Waals surface area contributed by atoms with Gasteiger partial charge in [-0.25, -0.2) is 15.0 Å². The van der Waals surface area contributed by atoms with E-state index in [0.717, 1.165) is 25.8 Å². The molecule has 8 heteroatoms. The number of rotatable bonds is 7. The highest BCUT2D eigenvalue weighted by atomic mass is 16.5. The predicted octanol–water partition coefficient (Wildman–Crippen LogP) is 1.61. The van der Waals surface area contributed by atoms with Crippen LogP contribution in [-0.4, -0.2) is 43.9 Å². The number of aliphatic hydroxyl groups is 1. The number of aliphatic hydroxyl groups excluding tert-OH is 1. The van der Waals surface area contributed by atoms with Crippen LogP contribution < -0.4 is 11.1 Å². The number of benzene rings is 1. The smallest absolute Gasteiger partial charge is 0.167 e. The van der Waals surface area contributed by atoms with E-state index < -0.39 is 0 Å². The maximum Gasteiger partial charge on any atom is 0.167 e. The van der Waals surface area contributed by atoms with Crippen molar-refractivity contribution >= 4 is 17.0 Å². The summed E-state index contributed by atoms with van der Waals surface area (Å²) >= 11 is 0. The van der Waals surface area contributed by atoms with Crippen LogP contribution in [0.1, 0.15) is 30.5 Å². The molecule has 2 unspecified atom stereocenters. The molecule has 2 aromatic heterocycles. The Morgan fingerprint density at radius 3 is 2.81 bits per heavy atom. The number of hydrogen-bond acceptors (Lipinski definition) is 7. The third kappa shape index (κ3) is 3.78. The van der Waals surface area contributed by atoms with Gasteiger partial charge in [-0.2, -0.15) is 0 Å². The Morgan fingerprint density at radius 1 is 1.22 bits per heavy atom. The molecule has 4 N–H and O–H groups in total. The fraction of sp³-hybridized carbons (Fsp3) is 0.421. The molecule has 1 aliphatic rings. The number of nitrogens with zero attached hydrogens (tertiary/aromatic N) is 4. The zero-order chi connectivity index (χ0) is 18.6. The molecular formula is C19H24N6O2. The zero-order valence-electron chi connectivity index (χ0n) is 15.1. The van der Waals surface area contributed by atoms with Crippen molar-refractivity contribution in [2.75, 3.05) is 18.5 Å². The number of fused-ring (bicyclic) bond motifs is 1. The summed E-state index contributed by atoms with van der Waals surface area (Å²) in [5, 5.41) is 12.7. The van der Waals surface area contributed by atoms with Crippen LogP contribution in [0.15, 0.2) is 36.7 Å². The number of nitrogens with one attached hydrogen (secondary N) is 1. The third-order valence-electron chi connectivity index (χ3n) is 4.80. The lowest BCUT2D eigenvalue weighted by Gasteiger charge is -2.14. The SMILES string of the molecule is NCc1nc(NCCc2ccccc2)c2ncn(C3CCC(CO)O3)c2n1. The van der Waals surface area contributed by atoms with Gasteiger partial charge in [0.1, 0.15) is 12.1 Å². The number of hydrogen-bond donors (Lipinski definition) is 3. The molecule has 1 aliphatic heterocycles. The van der Waals surface area contributed by atoms with Gasteiger partial charge in [0.15, 0.2) is 17.0 Å². The van der Waals surface area contributed by atoms with Crippen LogP contribution in [0.25, 0.3) is 11.2 Å². The average Bonchev–Trinajstić information content (AvgIpc) is 3.35. The number of ether oxygens (including phenoxy) is 1. The topological polar surface area (TPSA) is 111 Å². The summed E-state index contributed by atoms with van der Waals surface area (Å²) in [4.78, 5) is 13.6. The van der Waals surface area contributed by atoms with Crippen molar-refractivity contribution in [3.63, 3.8) is 0 Å². The Morgan fingerprint density at radius 2 is 2.07 bits per heavy atom. The highest BCUT2D eigenvalue weighted by Gasteiger charge is 2.28. The highest BCUT2D eigenvalue weighted by molar-refractivity contribution is 5.83. The first-order valence-corrected chi connectivity index (χ1v) is 9.26. The van der Waals surface area contributed by atoms with Gasteiger partial charge >= 0.3 is 0 Å². The maximum absolute atomic E-state index is 9.31. The molecule has 8 nitrogen and oxygen atoms in total. The first-order chi connectivity index (χ1) is 13.3. The van der Waals surface area contributed by atoms with E-state index in [-0.39, 0.29) is 25.5 Å². The quantitative estimate of drug-likeness (QED) is 0.581. The number of aromatic nitrogens is 4. The molecule has 0 aliphatic carbocycles. The molecule has 4 rings (SSSR count). The molecule has 1 saturated heterocycles. The van der Waals surface area contributed by atoms with E-state index >= 15 is 0 Å². The first kappa shape index (κ1) is 17.8. The van der Waals surface area contributed by atoms with E-state index in [9.17, 15) is 5.11 Å². The van der Waals surface area contributed by atoms with Crippen molar-refractivity contribution in [1.82, 2.24) is 19.5 Å². The zero-order valence-corrected chi connectivity index (χ0v) is 15.1. The molecule has 0 bridgehead atoms. The fourth-order valence-corrected chi connectivity index (χ4v) is 3.38. The van der Waals surface area contributed by atoms with Gasteiger partial charge in [-0.3, -0.25) is 4.57 Å². The summed E-state index contributed by atoms with van der Waals surface area (Å²) in [6, 6.07) is 10.3. The van der Waals surface area contributed by atoms with Gasteiger partial charge in [-0.1, -0.05) is 30.3 Å². The molecule has 0 radical (unpaired) electrons. The average molecular weight is 368 g/mol. The van der Waals surface area contributed by atoms with E-state index in [1.807, 2.05) is 22.8 Å². The minimum absolute atomic E-state index is 0.0262. The van der Waals surface area contributed by atoms with Crippen molar-refractivity contribution < 1.29 is 9.84 Å². The summed E-state index contributed by atoms with van der Waals surface area (Å²) in [5.41, 5.74) is 8.47. The van der Waals surface area contributed by atoms with Crippen molar-refractivity contribution in [3.05, 3.63) is 48.0 Å². The highest BCUT2D eigenvalue weighted by Crippen LogP contribution is 2.31. The predicted molar refractivity (Wildman–Crippen MR) is 102 cm³/mol. The molecule has 3 heterocycles. The van der Waals surface area contributed by atoms with Gasteiger partial charge in [0.05, 0.1) is 25.6 Å². The van der Waals surface area contributed by atoms with E-state index in [1.54, 1.807) is 6.33 Å². The van der Waals surface area contributed by atoms with Crippen LogP contribution in [0.5, 0.6) is 0 Å². The number of anilines is 1. The summed E-state index contributed by atoms with van der Waals surface area (Å²) < 4.78 is 7.79. The Labute approximate surface area is 157 Å². The number of nitrogens with two attached hydrogens (primary N) is 1. The second-order valence-electron chi connectivity index (χ2n) is 6.65. The van der Waals surface area contributed by atoms with Gasteiger partial charge < -0.3 is 20.9 Å². The lowest BCUT2D eigenvalue weighted by molar-refractivity contribution is -0.0207. The Balaban J connectivity index is 1.57. The summed E-state index contributed by atoms with van der Waals surface area (Å²) in [6.07, 6.45) is 3.94. The fourth-order valence-electron chi connectivity index (χ4n) is 3.38. The minimum atomic E-state index is -0.176. The summed E-state index contributed by atoms with van der Waals surface area (Å²) in [7, 11) is 0. The van der Waals surface area contributed by atoms with Crippen molar-refractivity contribution in [1.29, 1.82) is 0 Å². The number of imidazole rings is 1. The normalized spacial score (nSPS) is 19.6. The lowest BCUT2D eigenvalue weighted by atomic mass is 10.1. The minimum Gasteiger partial charge on any atom is -0.394 e. The first-order valence-electron chi connectivity index (χ1n) is 9.26. The van der Waals surface area contributed by atoms with Crippen LogP contribution in [0, 0.1) is 0 Å². The van der Waals surface area contributed by atoms with Crippen molar-refractivity contribution in [3.8, 4) is 0 Å². The van der Waals surface area contributed by atoms with E-state index in [1.165, 1.54) is 5.56 Å². The van der Waals surface area contributed by atoms with E-state index in [2.05, 4.69) is 32.4 Å².